The molecular formula is C30H34N2O. The molecule has 1 heterocycles. The molecule has 0 fully saturated rings. The van der Waals surface area contributed by atoms with Crippen LogP contribution in [0.2, 0.25) is 0 Å². The lowest BCUT2D eigenvalue weighted by molar-refractivity contribution is 0.102. The molecule has 0 spiro atoms. The van der Waals surface area contributed by atoms with E-state index in [2.05, 4.69) is 68.3 Å². The van der Waals surface area contributed by atoms with E-state index in [1.807, 2.05) is 48.8 Å². The third kappa shape index (κ3) is 6.52. The molecule has 0 aliphatic heterocycles. The first-order valence-electron chi connectivity index (χ1n) is 11.9. The minimum absolute atomic E-state index is 0.0448. The Labute approximate surface area is 197 Å². The number of anilines is 1. The molecule has 3 aromatic carbocycles. The zero-order valence-electron chi connectivity index (χ0n) is 20.2. The third-order valence-corrected chi connectivity index (χ3v) is 5.84. The van der Waals surface area contributed by atoms with Gasteiger partial charge in [-0.1, -0.05) is 69.7 Å². The number of hydrogen-bond donors (Lipinski definition) is 1. The molecule has 3 nitrogen and oxygen atoms in total. The highest BCUT2D eigenvalue weighted by Crippen LogP contribution is 2.18. The number of carbonyl (C=O) groups is 1. The summed E-state index contributed by atoms with van der Waals surface area (Å²) in [4.78, 5) is 16.5. The molecule has 1 aromatic heterocycles. The number of benzene rings is 3. The maximum Gasteiger partial charge on any atom is 0.255 e. The molecule has 3 heteroatoms. The number of aryl methyl sites for hydroxylation is 4. The zero-order chi connectivity index (χ0) is 23.6. The quantitative estimate of drug-likeness (QED) is 0.337. The monoisotopic (exact) mass is 438 g/mol. The van der Waals surface area contributed by atoms with Gasteiger partial charge in [-0.3, -0.25) is 9.78 Å². The predicted octanol–water partition coefficient (Wildman–Crippen LogP) is 7.56. The van der Waals surface area contributed by atoms with E-state index in [0.717, 1.165) is 36.9 Å². The Bertz CT molecular complexity index is 1210. The van der Waals surface area contributed by atoms with E-state index in [1.165, 1.54) is 33.0 Å². The Morgan fingerprint density at radius 3 is 2.36 bits per heavy atom. The number of fused-ring (bicyclic) bond motifs is 1. The maximum atomic E-state index is 12.3. The second-order valence-corrected chi connectivity index (χ2v) is 8.27. The first-order valence-corrected chi connectivity index (χ1v) is 11.9. The van der Waals surface area contributed by atoms with E-state index < -0.39 is 0 Å². The number of aromatic nitrogens is 1. The lowest BCUT2D eigenvalue weighted by atomic mass is 10.0. The van der Waals surface area contributed by atoms with Crippen LogP contribution in [0.25, 0.3) is 10.8 Å². The average molecular weight is 439 g/mol. The van der Waals surface area contributed by atoms with Crippen molar-refractivity contribution in [2.75, 3.05) is 5.32 Å². The van der Waals surface area contributed by atoms with Crippen LogP contribution in [-0.4, -0.2) is 10.9 Å². The highest BCUT2D eigenvalue weighted by atomic mass is 16.1. The average Bonchev–Trinajstić information content (AvgIpc) is 2.84. The first kappa shape index (κ1) is 24.2. The van der Waals surface area contributed by atoms with Gasteiger partial charge in [0.05, 0.1) is 0 Å². The van der Waals surface area contributed by atoms with E-state index in [4.69, 9.17) is 0 Å². The molecular weight excluding hydrogens is 404 g/mol. The van der Waals surface area contributed by atoms with Crippen molar-refractivity contribution in [2.45, 2.75) is 53.4 Å². The summed E-state index contributed by atoms with van der Waals surface area (Å²) in [6.07, 6.45) is 8.01. The number of carbonyl (C=O) groups excluding carboxylic acids is 1. The largest absolute Gasteiger partial charge is 0.322 e. The number of hydrogen-bond acceptors (Lipinski definition) is 2. The minimum atomic E-state index is -0.0448. The van der Waals surface area contributed by atoms with E-state index in [9.17, 15) is 4.79 Å². The molecule has 1 N–H and O–H groups in total. The van der Waals surface area contributed by atoms with Crippen LogP contribution in [0.4, 0.5) is 5.69 Å². The Balaban J connectivity index is 0.000000215. The van der Waals surface area contributed by atoms with Crippen LogP contribution in [0, 0.1) is 6.92 Å². The highest BCUT2D eigenvalue weighted by molar-refractivity contribution is 6.04. The smallest absolute Gasteiger partial charge is 0.255 e. The van der Waals surface area contributed by atoms with Gasteiger partial charge in [0.25, 0.3) is 5.91 Å². The number of nitrogens with zero attached hydrogens (tertiary/aromatic N) is 1. The second kappa shape index (κ2) is 12.0. The first-order chi connectivity index (χ1) is 16.0. The molecule has 0 atom stereocenters. The van der Waals surface area contributed by atoms with Gasteiger partial charge in [0, 0.05) is 29.0 Å². The van der Waals surface area contributed by atoms with Gasteiger partial charge >= 0.3 is 0 Å². The SMILES string of the molecule is CCCc1cccc(C(=O)Nc2ccc(CC)c(C)c2)c1.CCc1cncc2ccccc12. The van der Waals surface area contributed by atoms with Crippen LogP contribution in [0.5, 0.6) is 0 Å². The highest BCUT2D eigenvalue weighted by Gasteiger charge is 2.07. The van der Waals surface area contributed by atoms with Gasteiger partial charge in [0.15, 0.2) is 0 Å². The second-order valence-electron chi connectivity index (χ2n) is 8.27. The van der Waals surface area contributed by atoms with Crippen molar-refractivity contribution in [3.63, 3.8) is 0 Å². The molecule has 0 radical (unpaired) electrons. The number of amides is 1. The molecule has 0 bridgehead atoms. The summed E-state index contributed by atoms with van der Waals surface area (Å²) in [7, 11) is 0. The summed E-state index contributed by atoms with van der Waals surface area (Å²) in [5, 5.41) is 5.54. The van der Waals surface area contributed by atoms with Crippen LogP contribution >= 0.6 is 0 Å². The standard InChI is InChI=1S/C19H23NO.C11H11N/c1-4-7-15-8-6-9-17(13-15)19(21)20-18-11-10-16(5-2)14(3)12-18;1-2-9-7-12-8-10-5-3-4-6-11(9)10/h6,8-13H,4-5,7H2,1-3H3,(H,20,21);3-8H,2H2,1H3. The summed E-state index contributed by atoms with van der Waals surface area (Å²) < 4.78 is 0. The van der Waals surface area contributed by atoms with Crippen molar-refractivity contribution in [3.8, 4) is 0 Å². The van der Waals surface area contributed by atoms with Gasteiger partial charge in [-0.25, -0.2) is 0 Å². The van der Waals surface area contributed by atoms with Gasteiger partial charge in [0.2, 0.25) is 0 Å². The predicted molar refractivity (Wildman–Crippen MR) is 140 cm³/mol. The van der Waals surface area contributed by atoms with Crippen molar-refractivity contribution in [2.24, 2.45) is 0 Å². The molecule has 0 saturated heterocycles. The zero-order valence-corrected chi connectivity index (χ0v) is 20.2. The van der Waals surface area contributed by atoms with Gasteiger partial charge in [-0.15, -0.1) is 0 Å². The van der Waals surface area contributed by atoms with Gasteiger partial charge in [0.1, 0.15) is 0 Å². The van der Waals surface area contributed by atoms with Gasteiger partial charge in [-0.2, -0.15) is 0 Å². The summed E-state index contributed by atoms with van der Waals surface area (Å²) in [6, 6.07) is 22.3. The van der Waals surface area contributed by atoms with E-state index >= 15 is 0 Å². The van der Waals surface area contributed by atoms with Crippen LogP contribution in [0.1, 0.15) is 59.8 Å². The minimum Gasteiger partial charge on any atom is -0.322 e. The number of rotatable bonds is 6. The van der Waals surface area contributed by atoms with Crippen LogP contribution in [0.3, 0.4) is 0 Å². The Morgan fingerprint density at radius 2 is 1.64 bits per heavy atom. The molecule has 1 amide bonds. The van der Waals surface area contributed by atoms with Crippen molar-refractivity contribution < 1.29 is 4.79 Å². The van der Waals surface area contributed by atoms with Gasteiger partial charge < -0.3 is 5.32 Å². The molecule has 0 aliphatic carbocycles. The Morgan fingerprint density at radius 1 is 0.848 bits per heavy atom. The summed E-state index contributed by atoms with van der Waals surface area (Å²) in [6.45, 7) is 8.52. The molecule has 4 aromatic rings. The molecule has 4 rings (SSSR count). The lowest BCUT2D eigenvalue weighted by Gasteiger charge is -2.09. The molecule has 170 valence electrons. The van der Waals surface area contributed by atoms with Crippen LogP contribution in [0.15, 0.2) is 79.1 Å². The summed E-state index contributed by atoms with van der Waals surface area (Å²) in [5.41, 5.74) is 6.65. The van der Waals surface area contributed by atoms with Crippen molar-refractivity contribution in [1.29, 1.82) is 0 Å². The number of nitrogens with one attached hydrogen (secondary N) is 1. The summed E-state index contributed by atoms with van der Waals surface area (Å²) >= 11 is 0. The normalized spacial score (nSPS) is 10.4. The molecule has 0 unspecified atom stereocenters. The Kier molecular flexibility index (Phi) is 8.77. The fourth-order valence-electron chi connectivity index (χ4n) is 3.99. The van der Waals surface area contributed by atoms with E-state index in [0.29, 0.717) is 0 Å². The molecule has 33 heavy (non-hydrogen) atoms. The summed E-state index contributed by atoms with van der Waals surface area (Å²) in [5.74, 6) is -0.0448. The van der Waals surface area contributed by atoms with Crippen molar-refractivity contribution >= 4 is 22.4 Å². The Hall–Kier alpha value is -3.46. The maximum absolute atomic E-state index is 12.3. The fraction of sp³-hybridized carbons (Fsp3) is 0.267. The fourth-order valence-corrected chi connectivity index (χ4v) is 3.99. The van der Waals surface area contributed by atoms with Crippen LogP contribution in [-0.2, 0) is 19.3 Å². The van der Waals surface area contributed by atoms with E-state index in [-0.39, 0.29) is 5.91 Å². The van der Waals surface area contributed by atoms with Gasteiger partial charge in [-0.05, 0) is 78.1 Å². The van der Waals surface area contributed by atoms with Crippen LogP contribution < -0.4 is 5.32 Å². The number of pyridine rings is 1. The third-order valence-electron chi connectivity index (χ3n) is 5.84. The van der Waals surface area contributed by atoms with Crippen molar-refractivity contribution in [3.05, 3.63) is 107 Å². The molecule has 0 saturated carbocycles. The molecule has 0 aliphatic rings. The van der Waals surface area contributed by atoms with Crippen molar-refractivity contribution in [1.82, 2.24) is 4.98 Å². The lowest BCUT2D eigenvalue weighted by Crippen LogP contribution is -2.12. The van der Waals surface area contributed by atoms with E-state index in [1.54, 1.807) is 0 Å². The topological polar surface area (TPSA) is 42.0 Å².